The number of rotatable bonds is 5. The first kappa shape index (κ1) is 19.9. The molecule has 1 aliphatic carbocycles. The first-order valence-electron chi connectivity index (χ1n) is 7.58. The second kappa shape index (κ2) is 7.09. The number of hydrogen-bond donors (Lipinski definition) is 1. The molecule has 0 aliphatic heterocycles. The molecule has 0 radical (unpaired) electrons. The molecule has 1 fully saturated rings. The molecule has 0 aromatic carbocycles. The molecule has 1 heterocycles. The smallest absolute Gasteiger partial charge is 0.341 e. The number of allylic oxidation sites excluding steroid dienone is 1. The van der Waals surface area contributed by atoms with Crippen molar-refractivity contribution in [1.29, 1.82) is 0 Å². The van der Waals surface area contributed by atoms with Gasteiger partial charge in [-0.15, -0.1) is 11.3 Å². The molecule has 0 saturated heterocycles. The minimum absolute atomic E-state index is 0.0904. The van der Waals surface area contributed by atoms with Crippen LogP contribution >= 0.6 is 34.5 Å². The number of anilines is 1. The summed E-state index contributed by atoms with van der Waals surface area (Å²) in [5.41, 5.74) is 0.433. The molecular weight excluding hydrogens is 385 g/mol. The second-order valence-electron chi connectivity index (χ2n) is 6.58. The molecule has 0 bridgehead atoms. The van der Waals surface area contributed by atoms with Crippen LogP contribution in [0.1, 0.15) is 46.4 Å². The van der Waals surface area contributed by atoms with Gasteiger partial charge in [0, 0.05) is 0 Å². The number of esters is 1. The summed E-state index contributed by atoms with van der Waals surface area (Å²) in [6, 6.07) is 0. The van der Waals surface area contributed by atoms with Crippen molar-refractivity contribution in [1.82, 2.24) is 0 Å². The van der Waals surface area contributed by atoms with Gasteiger partial charge in [0.25, 0.3) is 0 Å². The lowest BCUT2D eigenvalue weighted by atomic mass is 10.1. The Hall–Kier alpha value is -1.37. The normalized spacial score (nSPS) is 20.6. The summed E-state index contributed by atoms with van der Waals surface area (Å²) in [6.07, 6.45) is 1.65. The number of amides is 1. The monoisotopic (exact) mass is 403 g/mol. The zero-order valence-corrected chi connectivity index (χ0v) is 16.9. The van der Waals surface area contributed by atoms with Crippen molar-refractivity contribution in [3.63, 3.8) is 0 Å². The van der Waals surface area contributed by atoms with Crippen molar-refractivity contribution < 1.29 is 19.1 Å². The van der Waals surface area contributed by atoms with Crippen LogP contribution in [0.5, 0.6) is 0 Å². The van der Waals surface area contributed by atoms with Crippen LogP contribution in [-0.4, -0.2) is 24.8 Å². The van der Waals surface area contributed by atoms with Gasteiger partial charge in [0.2, 0.25) is 5.91 Å². The Balaban J connectivity index is 2.33. The number of methoxy groups -OCH3 is 1. The molecule has 1 aromatic rings. The van der Waals surface area contributed by atoms with Gasteiger partial charge < -0.3 is 10.1 Å². The summed E-state index contributed by atoms with van der Waals surface area (Å²) in [5.74, 6) is -1.43. The molecule has 2 rings (SSSR count). The molecule has 1 saturated carbocycles. The van der Waals surface area contributed by atoms with E-state index >= 15 is 0 Å². The van der Waals surface area contributed by atoms with Gasteiger partial charge in [0.05, 0.1) is 23.5 Å². The van der Waals surface area contributed by atoms with E-state index in [0.717, 1.165) is 11.3 Å². The number of carbonyl (C=O) groups excluding carboxylic acids is 3. The van der Waals surface area contributed by atoms with E-state index in [2.05, 4.69) is 5.32 Å². The maximum atomic E-state index is 12.7. The molecule has 2 atom stereocenters. The highest BCUT2D eigenvalue weighted by atomic mass is 35.5. The van der Waals surface area contributed by atoms with E-state index in [9.17, 15) is 14.4 Å². The average Bonchev–Trinajstić information content (AvgIpc) is 2.85. The Morgan fingerprint density at radius 2 is 1.88 bits per heavy atom. The van der Waals surface area contributed by atoms with Gasteiger partial charge in [-0.05, 0) is 36.8 Å². The highest BCUT2D eigenvalue weighted by Crippen LogP contribution is 2.60. The summed E-state index contributed by atoms with van der Waals surface area (Å²) in [4.78, 5) is 36.9. The number of halogens is 2. The minimum atomic E-state index is -0.591. The standard InChI is InChI=1S/C17H19Cl2NO4S/c1-7-11(16(23)24-5)15(25-13(7)8(2)21)20-14(22)12-9(6-10(18)19)17(12,3)4/h6,9,12H,1-5H3,(H,20,22)/t9-,12+/m1/s1. The van der Waals surface area contributed by atoms with Gasteiger partial charge >= 0.3 is 5.97 Å². The number of nitrogens with one attached hydrogen (secondary N) is 1. The van der Waals surface area contributed by atoms with Crippen LogP contribution in [0.25, 0.3) is 0 Å². The average molecular weight is 404 g/mol. The molecular formula is C17H19Cl2NO4S. The van der Waals surface area contributed by atoms with Crippen molar-refractivity contribution in [2.24, 2.45) is 17.3 Å². The Labute approximate surface area is 160 Å². The third kappa shape index (κ3) is 3.76. The Morgan fingerprint density at radius 1 is 1.28 bits per heavy atom. The zero-order valence-electron chi connectivity index (χ0n) is 14.5. The summed E-state index contributed by atoms with van der Waals surface area (Å²) < 4.78 is 4.90. The maximum Gasteiger partial charge on any atom is 0.341 e. The minimum Gasteiger partial charge on any atom is -0.465 e. The summed E-state index contributed by atoms with van der Waals surface area (Å²) in [6.45, 7) is 6.96. The van der Waals surface area contributed by atoms with Crippen molar-refractivity contribution in [2.75, 3.05) is 12.4 Å². The Morgan fingerprint density at radius 3 is 2.36 bits per heavy atom. The fraction of sp³-hybridized carbons (Fsp3) is 0.471. The van der Waals surface area contributed by atoms with Gasteiger partial charge in [-0.2, -0.15) is 0 Å². The van der Waals surface area contributed by atoms with E-state index in [0.29, 0.717) is 15.4 Å². The number of ether oxygens (including phenoxy) is 1. The number of ketones is 1. The number of hydrogen-bond acceptors (Lipinski definition) is 5. The van der Waals surface area contributed by atoms with E-state index < -0.39 is 5.97 Å². The van der Waals surface area contributed by atoms with E-state index in [-0.39, 0.29) is 39.0 Å². The fourth-order valence-corrected chi connectivity index (χ4v) is 4.46. The van der Waals surface area contributed by atoms with Crippen molar-refractivity contribution >= 4 is 57.2 Å². The first-order valence-corrected chi connectivity index (χ1v) is 9.15. The molecule has 1 aromatic heterocycles. The maximum absolute atomic E-state index is 12.7. The molecule has 1 aliphatic rings. The van der Waals surface area contributed by atoms with E-state index in [1.54, 1.807) is 13.0 Å². The van der Waals surface area contributed by atoms with Crippen LogP contribution < -0.4 is 5.32 Å². The van der Waals surface area contributed by atoms with Crippen LogP contribution in [-0.2, 0) is 9.53 Å². The van der Waals surface area contributed by atoms with Crippen LogP contribution in [0.4, 0.5) is 5.00 Å². The van der Waals surface area contributed by atoms with Crippen LogP contribution in [0.15, 0.2) is 10.6 Å². The summed E-state index contributed by atoms with van der Waals surface area (Å²) in [5, 5.41) is 3.10. The highest BCUT2D eigenvalue weighted by Gasteiger charge is 2.60. The summed E-state index contributed by atoms with van der Waals surface area (Å²) >= 11 is 12.5. The van der Waals surface area contributed by atoms with Crippen LogP contribution in [0.2, 0.25) is 0 Å². The van der Waals surface area contributed by atoms with Crippen molar-refractivity contribution in [3.05, 3.63) is 26.6 Å². The molecule has 1 N–H and O–H groups in total. The van der Waals surface area contributed by atoms with Crippen molar-refractivity contribution in [3.8, 4) is 0 Å². The Kier molecular flexibility index (Phi) is 5.66. The third-order valence-corrected chi connectivity index (χ3v) is 6.15. The van der Waals surface area contributed by atoms with E-state index in [1.807, 2.05) is 13.8 Å². The molecule has 0 spiro atoms. The van der Waals surface area contributed by atoms with Gasteiger partial charge in [-0.3, -0.25) is 9.59 Å². The highest BCUT2D eigenvalue weighted by molar-refractivity contribution is 7.18. The molecule has 1 amide bonds. The molecule has 25 heavy (non-hydrogen) atoms. The van der Waals surface area contributed by atoms with E-state index in [1.165, 1.54) is 14.0 Å². The SMILES string of the molecule is COC(=O)c1c(NC(=O)[C@@H]2[C@@H](C=C(Cl)Cl)C2(C)C)sc(C(C)=O)c1C. The third-order valence-electron chi connectivity index (χ3n) is 4.59. The second-order valence-corrected chi connectivity index (χ2v) is 8.61. The first-order chi connectivity index (χ1) is 11.5. The van der Waals surface area contributed by atoms with Gasteiger partial charge in [-0.1, -0.05) is 37.0 Å². The fourth-order valence-electron chi connectivity index (χ4n) is 3.10. The molecule has 136 valence electrons. The topological polar surface area (TPSA) is 72.5 Å². The zero-order chi connectivity index (χ0) is 19.1. The molecule has 0 unspecified atom stereocenters. The molecule has 5 nitrogen and oxygen atoms in total. The lowest BCUT2D eigenvalue weighted by molar-refractivity contribution is -0.118. The predicted molar refractivity (Wildman–Crippen MR) is 99.6 cm³/mol. The van der Waals surface area contributed by atoms with Gasteiger partial charge in [0.15, 0.2) is 5.78 Å². The van der Waals surface area contributed by atoms with Gasteiger partial charge in [-0.25, -0.2) is 4.79 Å². The van der Waals surface area contributed by atoms with E-state index in [4.69, 9.17) is 27.9 Å². The van der Waals surface area contributed by atoms with Crippen LogP contribution in [0.3, 0.4) is 0 Å². The number of thiophene rings is 1. The predicted octanol–water partition coefficient (Wildman–Crippen LogP) is 4.58. The van der Waals surface area contributed by atoms with Crippen LogP contribution in [0, 0.1) is 24.2 Å². The molecule has 8 heteroatoms. The van der Waals surface area contributed by atoms with Crippen molar-refractivity contribution in [2.45, 2.75) is 27.7 Å². The quantitative estimate of drug-likeness (QED) is 0.576. The largest absolute Gasteiger partial charge is 0.465 e. The number of carbonyl (C=O) groups is 3. The number of Topliss-reactive ketones (excluding diaryl/α,β-unsaturated/α-hetero) is 1. The Bertz CT molecular complexity index is 778. The lowest BCUT2D eigenvalue weighted by Gasteiger charge is -2.07. The lowest BCUT2D eigenvalue weighted by Crippen LogP contribution is -2.18. The van der Waals surface area contributed by atoms with Gasteiger partial charge in [0.1, 0.15) is 9.49 Å². The summed E-state index contributed by atoms with van der Waals surface area (Å²) in [7, 11) is 1.26.